The zero-order valence-electron chi connectivity index (χ0n) is 25.2. The van der Waals surface area contributed by atoms with Crippen LogP contribution in [0.4, 0.5) is 0 Å². The number of aryl methyl sites for hydroxylation is 2. The van der Waals surface area contributed by atoms with E-state index < -0.39 is 18.3 Å². The molecule has 0 saturated carbocycles. The number of allylic oxidation sites excluding steroid dienone is 1. The molecule has 0 amide bonds. The van der Waals surface area contributed by atoms with Gasteiger partial charge in [0.25, 0.3) is 0 Å². The number of hydrogen-bond acceptors (Lipinski definition) is 7. The lowest BCUT2D eigenvalue weighted by Gasteiger charge is -2.44. The van der Waals surface area contributed by atoms with Gasteiger partial charge in [-0.15, -0.1) is 0 Å². The standard InChI is InChI=1S/C38H42O7/c39-30-13-2-25(3-14-30)1-10-29(23-34(43)19-8-26-4-15-31(40)16-5-26)37-36(44)24-35(22-9-27-6-17-32(41)18-7-27)45-38(37)28-11-20-33(42)21-12-28/h1-7,10-18,20-21,29,34-44H,8-9,19,22-24H2/b10-1+/t29-,34+,35+,36+,37+,38-/m1/s1. The van der Waals surface area contributed by atoms with Crippen LogP contribution in [-0.4, -0.2) is 49.0 Å². The van der Waals surface area contributed by atoms with E-state index in [-0.39, 0.29) is 40.9 Å². The first-order valence-electron chi connectivity index (χ1n) is 15.6. The highest BCUT2D eigenvalue weighted by Gasteiger charge is 2.42. The van der Waals surface area contributed by atoms with Crippen molar-refractivity contribution in [1.29, 1.82) is 0 Å². The third-order valence-electron chi connectivity index (χ3n) is 8.72. The second-order valence-corrected chi connectivity index (χ2v) is 12.1. The van der Waals surface area contributed by atoms with Crippen molar-refractivity contribution in [2.75, 3.05) is 0 Å². The summed E-state index contributed by atoms with van der Waals surface area (Å²) < 4.78 is 6.75. The number of phenolic OH excluding ortho intramolecular Hbond substituents is 4. The molecule has 1 saturated heterocycles. The summed E-state index contributed by atoms with van der Waals surface area (Å²) in [5, 5.41) is 62.0. The highest BCUT2D eigenvalue weighted by molar-refractivity contribution is 5.51. The minimum absolute atomic E-state index is 0.143. The van der Waals surface area contributed by atoms with Crippen molar-refractivity contribution in [3.8, 4) is 23.0 Å². The molecule has 0 radical (unpaired) electrons. The molecule has 0 spiro atoms. The Balaban J connectivity index is 1.39. The smallest absolute Gasteiger partial charge is 0.115 e. The third kappa shape index (κ3) is 9.11. The first-order valence-corrected chi connectivity index (χ1v) is 15.6. The number of aliphatic hydroxyl groups excluding tert-OH is 2. The van der Waals surface area contributed by atoms with Gasteiger partial charge < -0.3 is 35.4 Å². The van der Waals surface area contributed by atoms with Gasteiger partial charge in [0.05, 0.1) is 24.4 Å². The summed E-state index contributed by atoms with van der Waals surface area (Å²) in [7, 11) is 0. The molecule has 0 aromatic heterocycles. The molecule has 4 aromatic carbocycles. The molecule has 0 bridgehead atoms. The Bertz CT molecular complexity index is 1500. The summed E-state index contributed by atoms with van der Waals surface area (Å²) in [6, 6.07) is 27.8. The fourth-order valence-corrected chi connectivity index (χ4v) is 6.24. The van der Waals surface area contributed by atoms with Gasteiger partial charge in [0.1, 0.15) is 23.0 Å². The van der Waals surface area contributed by atoms with E-state index in [1.165, 1.54) is 0 Å². The minimum Gasteiger partial charge on any atom is -0.508 e. The number of benzene rings is 4. The Morgan fingerprint density at radius 2 is 1.20 bits per heavy atom. The average Bonchev–Trinajstić information content (AvgIpc) is 3.03. The number of aromatic hydroxyl groups is 4. The fourth-order valence-electron chi connectivity index (χ4n) is 6.24. The maximum atomic E-state index is 11.8. The minimum atomic E-state index is -0.721. The Morgan fingerprint density at radius 3 is 1.78 bits per heavy atom. The van der Waals surface area contributed by atoms with E-state index in [1.54, 1.807) is 48.5 Å². The quantitative estimate of drug-likeness (QED) is 0.106. The van der Waals surface area contributed by atoms with Crippen LogP contribution in [0.2, 0.25) is 0 Å². The largest absolute Gasteiger partial charge is 0.508 e. The van der Waals surface area contributed by atoms with Crippen LogP contribution in [0.15, 0.2) is 103 Å². The van der Waals surface area contributed by atoms with Crippen LogP contribution in [0, 0.1) is 11.8 Å². The van der Waals surface area contributed by atoms with Gasteiger partial charge in [-0.3, -0.25) is 0 Å². The van der Waals surface area contributed by atoms with E-state index in [2.05, 4.69) is 0 Å². The second kappa shape index (κ2) is 15.1. The molecule has 1 heterocycles. The number of ether oxygens (including phenoxy) is 1. The average molecular weight is 611 g/mol. The normalized spacial score (nSPS) is 21.5. The summed E-state index contributed by atoms with van der Waals surface area (Å²) in [5.41, 5.74) is 3.81. The lowest BCUT2D eigenvalue weighted by atomic mass is 9.73. The predicted molar refractivity (Wildman–Crippen MR) is 174 cm³/mol. The molecule has 0 unspecified atom stereocenters. The van der Waals surface area contributed by atoms with Crippen molar-refractivity contribution in [2.24, 2.45) is 11.8 Å². The monoisotopic (exact) mass is 610 g/mol. The van der Waals surface area contributed by atoms with Crippen LogP contribution >= 0.6 is 0 Å². The van der Waals surface area contributed by atoms with E-state index >= 15 is 0 Å². The van der Waals surface area contributed by atoms with E-state index in [9.17, 15) is 30.6 Å². The Labute approximate surface area is 264 Å². The number of phenols is 4. The van der Waals surface area contributed by atoms with Crippen molar-refractivity contribution in [2.45, 2.75) is 62.9 Å². The van der Waals surface area contributed by atoms with Crippen LogP contribution in [0.5, 0.6) is 23.0 Å². The van der Waals surface area contributed by atoms with Gasteiger partial charge in [-0.1, -0.05) is 60.7 Å². The summed E-state index contributed by atoms with van der Waals surface area (Å²) in [6.45, 7) is 0. The van der Waals surface area contributed by atoms with Gasteiger partial charge in [0.2, 0.25) is 0 Å². The van der Waals surface area contributed by atoms with E-state index in [0.717, 1.165) is 28.7 Å². The van der Waals surface area contributed by atoms with Gasteiger partial charge in [-0.05, 0) is 115 Å². The molecule has 236 valence electrons. The second-order valence-electron chi connectivity index (χ2n) is 12.1. The molecule has 0 aliphatic carbocycles. The van der Waals surface area contributed by atoms with Gasteiger partial charge in [0.15, 0.2) is 0 Å². The van der Waals surface area contributed by atoms with Crippen molar-refractivity contribution in [1.82, 2.24) is 0 Å². The summed E-state index contributed by atoms with van der Waals surface area (Å²) in [6.07, 6.45) is 5.28. The molecule has 1 fully saturated rings. The van der Waals surface area contributed by atoms with Gasteiger partial charge in [-0.2, -0.15) is 0 Å². The van der Waals surface area contributed by atoms with Crippen LogP contribution in [0.1, 0.15) is 54.0 Å². The maximum absolute atomic E-state index is 11.8. The Hall–Kier alpha value is -4.30. The molecule has 1 aliphatic heterocycles. The molecule has 4 aromatic rings. The zero-order valence-corrected chi connectivity index (χ0v) is 25.2. The number of aliphatic hydroxyl groups is 2. The Kier molecular flexibility index (Phi) is 10.8. The summed E-state index contributed by atoms with van der Waals surface area (Å²) in [5.74, 6) is 0.0948. The molecule has 6 atom stereocenters. The maximum Gasteiger partial charge on any atom is 0.115 e. The Morgan fingerprint density at radius 1 is 0.689 bits per heavy atom. The lowest BCUT2D eigenvalue weighted by Crippen LogP contribution is -2.43. The number of hydrogen-bond donors (Lipinski definition) is 6. The molecule has 45 heavy (non-hydrogen) atoms. The van der Waals surface area contributed by atoms with Gasteiger partial charge in [-0.25, -0.2) is 0 Å². The van der Waals surface area contributed by atoms with Crippen LogP contribution in [0.25, 0.3) is 6.08 Å². The highest BCUT2D eigenvalue weighted by Crippen LogP contribution is 2.44. The molecule has 1 aliphatic rings. The van der Waals surface area contributed by atoms with Crippen molar-refractivity contribution in [3.63, 3.8) is 0 Å². The first-order chi connectivity index (χ1) is 21.7. The fraction of sp³-hybridized carbons (Fsp3) is 0.316. The molecule has 6 N–H and O–H groups in total. The molecule has 7 heteroatoms. The topological polar surface area (TPSA) is 131 Å². The SMILES string of the molecule is Oc1ccc(/C=C/[C@H](C[C@@H](O)CCc2ccc(O)cc2)[C@@H]2[C@@H](c3ccc(O)cc3)O[C@@H](CCc3ccc(O)cc3)C[C@@H]2O)cc1. The van der Waals surface area contributed by atoms with E-state index in [0.29, 0.717) is 32.1 Å². The molecular formula is C38H42O7. The molecule has 5 rings (SSSR count). The zero-order chi connectivity index (χ0) is 31.8. The van der Waals surface area contributed by atoms with E-state index in [4.69, 9.17) is 4.74 Å². The molecule has 7 nitrogen and oxygen atoms in total. The highest BCUT2D eigenvalue weighted by atomic mass is 16.5. The van der Waals surface area contributed by atoms with Crippen molar-refractivity contribution < 1.29 is 35.4 Å². The first kappa shape index (κ1) is 32.1. The van der Waals surface area contributed by atoms with E-state index in [1.807, 2.05) is 60.7 Å². The van der Waals surface area contributed by atoms with Crippen LogP contribution < -0.4 is 0 Å². The van der Waals surface area contributed by atoms with Gasteiger partial charge >= 0.3 is 0 Å². The summed E-state index contributed by atoms with van der Waals surface area (Å²) >= 11 is 0. The van der Waals surface area contributed by atoms with Crippen molar-refractivity contribution in [3.05, 3.63) is 125 Å². The van der Waals surface area contributed by atoms with Crippen molar-refractivity contribution >= 4 is 6.08 Å². The number of rotatable bonds is 12. The third-order valence-corrected chi connectivity index (χ3v) is 8.72. The van der Waals surface area contributed by atoms with Crippen LogP contribution in [-0.2, 0) is 17.6 Å². The summed E-state index contributed by atoms with van der Waals surface area (Å²) in [4.78, 5) is 0. The predicted octanol–water partition coefficient (Wildman–Crippen LogP) is 6.66. The molecular weight excluding hydrogens is 568 g/mol. The van der Waals surface area contributed by atoms with Crippen LogP contribution in [0.3, 0.4) is 0 Å². The lowest BCUT2D eigenvalue weighted by molar-refractivity contribution is -0.153. The van der Waals surface area contributed by atoms with Gasteiger partial charge in [0, 0.05) is 5.92 Å².